The Hall–Kier alpha value is -2.24. The molecule has 1 amide bonds. The van der Waals surface area contributed by atoms with Crippen LogP contribution < -0.4 is 9.64 Å². The number of nitrogens with zero attached hydrogens (tertiary/aromatic N) is 1. The molecule has 1 unspecified atom stereocenters. The number of anilines is 1. The Kier molecular flexibility index (Phi) is 3.80. The average Bonchev–Trinajstić information content (AvgIpc) is 2.35. The molecule has 114 valence electrons. The molecule has 1 aliphatic heterocycles. The summed E-state index contributed by atoms with van der Waals surface area (Å²) in [5.74, 6) is -0.664. The van der Waals surface area contributed by atoms with E-state index >= 15 is 0 Å². The summed E-state index contributed by atoms with van der Waals surface area (Å²) in [5.41, 5.74) is 0.0384. The predicted octanol–water partition coefficient (Wildman–Crippen LogP) is 2.91. The number of hydrogen-bond acceptors (Lipinski definition) is 4. The minimum Gasteiger partial charge on any atom is -0.489 e. The standard InChI is InChI=1S/C15H19NO5/c1-9-8-20-12-7-10(13(17)18)5-6-11(12)16(9)14(19)21-15(2,3)4/h5-7,9H,8H2,1-4H3,(H,17,18). The summed E-state index contributed by atoms with van der Waals surface area (Å²) in [7, 11) is 0. The van der Waals surface area contributed by atoms with Gasteiger partial charge in [-0.05, 0) is 45.9 Å². The van der Waals surface area contributed by atoms with Crippen molar-refractivity contribution in [2.75, 3.05) is 11.5 Å². The van der Waals surface area contributed by atoms with Gasteiger partial charge in [0, 0.05) is 0 Å². The fourth-order valence-electron chi connectivity index (χ4n) is 2.07. The number of rotatable bonds is 1. The van der Waals surface area contributed by atoms with Crippen LogP contribution in [0.1, 0.15) is 38.1 Å². The van der Waals surface area contributed by atoms with E-state index in [4.69, 9.17) is 14.6 Å². The molecule has 6 heteroatoms. The van der Waals surface area contributed by atoms with Crippen molar-refractivity contribution >= 4 is 17.7 Å². The highest BCUT2D eigenvalue weighted by Gasteiger charge is 2.33. The van der Waals surface area contributed by atoms with Gasteiger partial charge in [-0.1, -0.05) is 0 Å². The Bertz CT molecular complexity index is 576. The van der Waals surface area contributed by atoms with E-state index in [1.54, 1.807) is 26.8 Å². The maximum absolute atomic E-state index is 12.3. The summed E-state index contributed by atoms with van der Waals surface area (Å²) in [6, 6.07) is 4.24. The normalized spacial score (nSPS) is 17.7. The van der Waals surface area contributed by atoms with Crippen molar-refractivity contribution in [2.45, 2.75) is 39.3 Å². The van der Waals surface area contributed by atoms with E-state index in [0.717, 1.165) is 0 Å². The third-order valence-corrected chi connectivity index (χ3v) is 2.98. The molecule has 0 spiro atoms. The molecule has 0 saturated heterocycles. The highest BCUT2D eigenvalue weighted by molar-refractivity contribution is 5.94. The molecule has 1 aromatic rings. The number of carboxylic acid groups (broad SMARTS) is 1. The topological polar surface area (TPSA) is 76.1 Å². The minimum absolute atomic E-state index is 0.118. The van der Waals surface area contributed by atoms with Gasteiger partial charge < -0.3 is 14.6 Å². The lowest BCUT2D eigenvalue weighted by Gasteiger charge is -2.36. The molecule has 0 saturated carbocycles. The molecule has 2 rings (SSSR count). The van der Waals surface area contributed by atoms with Crippen LogP contribution in [0.2, 0.25) is 0 Å². The molecule has 1 aromatic carbocycles. The maximum Gasteiger partial charge on any atom is 0.415 e. The Morgan fingerprint density at radius 2 is 2.05 bits per heavy atom. The van der Waals surface area contributed by atoms with Gasteiger partial charge in [-0.2, -0.15) is 0 Å². The van der Waals surface area contributed by atoms with Crippen molar-refractivity contribution in [3.63, 3.8) is 0 Å². The van der Waals surface area contributed by atoms with Crippen LogP contribution in [0, 0.1) is 0 Å². The van der Waals surface area contributed by atoms with Gasteiger partial charge in [0.25, 0.3) is 0 Å². The van der Waals surface area contributed by atoms with Gasteiger partial charge >= 0.3 is 12.1 Å². The molecule has 1 aliphatic rings. The van der Waals surface area contributed by atoms with Gasteiger partial charge in [0.2, 0.25) is 0 Å². The monoisotopic (exact) mass is 293 g/mol. The molecule has 6 nitrogen and oxygen atoms in total. The SMILES string of the molecule is CC1COc2cc(C(=O)O)ccc2N1C(=O)OC(C)(C)C. The van der Waals surface area contributed by atoms with E-state index in [9.17, 15) is 9.59 Å². The van der Waals surface area contributed by atoms with Crippen molar-refractivity contribution in [1.82, 2.24) is 0 Å². The lowest BCUT2D eigenvalue weighted by atomic mass is 10.1. The number of carbonyl (C=O) groups is 2. The van der Waals surface area contributed by atoms with Gasteiger partial charge in [-0.15, -0.1) is 0 Å². The second-order valence-corrected chi connectivity index (χ2v) is 6.00. The summed E-state index contributed by atoms with van der Waals surface area (Å²) < 4.78 is 10.9. The lowest BCUT2D eigenvalue weighted by molar-refractivity contribution is 0.0547. The van der Waals surface area contributed by atoms with Crippen LogP contribution in [0.5, 0.6) is 5.75 Å². The predicted molar refractivity (Wildman–Crippen MR) is 77.1 cm³/mol. The molecule has 1 atom stereocenters. The summed E-state index contributed by atoms with van der Waals surface area (Å²) in [6.07, 6.45) is -0.470. The first-order valence-electron chi connectivity index (χ1n) is 6.71. The van der Waals surface area contributed by atoms with Crippen LogP contribution in [0.4, 0.5) is 10.5 Å². The Morgan fingerprint density at radius 3 is 2.62 bits per heavy atom. The van der Waals surface area contributed by atoms with Crippen molar-refractivity contribution in [1.29, 1.82) is 0 Å². The third-order valence-electron chi connectivity index (χ3n) is 2.98. The zero-order valence-corrected chi connectivity index (χ0v) is 12.5. The molecule has 1 N–H and O–H groups in total. The minimum atomic E-state index is -1.04. The number of hydrogen-bond donors (Lipinski definition) is 1. The summed E-state index contributed by atoms with van der Waals surface area (Å²) in [6.45, 7) is 7.52. The number of carbonyl (C=O) groups excluding carboxylic acids is 1. The lowest BCUT2D eigenvalue weighted by Crippen LogP contribution is -2.47. The number of amides is 1. The Labute approximate surface area is 123 Å². The highest BCUT2D eigenvalue weighted by atomic mass is 16.6. The number of fused-ring (bicyclic) bond motifs is 1. The molecule has 0 aromatic heterocycles. The van der Waals surface area contributed by atoms with Crippen LogP contribution >= 0.6 is 0 Å². The van der Waals surface area contributed by atoms with Crippen LogP contribution in [0.3, 0.4) is 0 Å². The fourth-order valence-corrected chi connectivity index (χ4v) is 2.07. The van der Waals surface area contributed by atoms with Crippen LogP contribution in [-0.4, -0.2) is 35.4 Å². The van der Waals surface area contributed by atoms with E-state index in [1.807, 2.05) is 6.92 Å². The van der Waals surface area contributed by atoms with E-state index < -0.39 is 17.7 Å². The van der Waals surface area contributed by atoms with Crippen molar-refractivity contribution in [3.05, 3.63) is 23.8 Å². The van der Waals surface area contributed by atoms with Gasteiger partial charge in [0.1, 0.15) is 18.0 Å². The molecule has 0 bridgehead atoms. The number of carboxylic acids is 1. The first kappa shape index (κ1) is 15.2. The van der Waals surface area contributed by atoms with Crippen molar-refractivity contribution < 1.29 is 24.2 Å². The van der Waals surface area contributed by atoms with Crippen molar-refractivity contribution in [3.8, 4) is 5.75 Å². The average molecular weight is 293 g/mol. The zero-order valence-electron chi connectivity index (χ0n) is 12.5. The van der Waals surface area contributed by atoms with E-state index in [2.05, 4.69) is 0 Å². The van der Waals surface area contributed by atoms with Crippen LogP contribution in [-0.2, 0) is 4.74 Å². The zero-order chi connectivity index (χ0) is 15.8. The first-order chi connectivity index (χ1) is 9.69. The summed E-state index contributed by atoms with van der Waals surface area (Å²) in [5, 5.41) is 9.01. The molecular formula is C15H19NO5. The largest absolute Gasteiger partial charge is 0.489 e. The van der Waals surface area contributed by atoms with E-state index in [1.165, 1.54) is 17.0 Å². The summed E-state index contributed by atoms with van der Waals surface area (Å²) >= 11 is 0. The molecule has 21 heavy (non-hydrogen) atoms. The molecular weight excluding hydrogens is 274 g/mol. The smallest absolute Gasteiger partial charge is 0.415 e. The van der Waals surface area contributed by atoms with Gasteiger partial charge in [-0.25, -0.2) is 9.59 Å². The second-order valence-electron chi connectivity index (χ2n) is 6.00. The second kappa shape index (κ2) is 5.27. The maximum atomic E-state index is 12.3. The quantitative estimate of drug-likeness (QED) is 0.861. The third kappa shape index (κ3) is 3.26. The van der Waals surface area contributed by atoms with E-state index in [-0.39, 0.29) is 18.2 Å². The number of benzene rings is 1. The number of aromatic carboxylic acids is 1. The number of ether oxygens (including phenoxy) is 2. The molecule has 0 fully saturated rings. The molecule has 0 aliphatic carbocycles. The van der Waals surface area contributed by atoms with Crippen molar-refractivity contribution in [2.24, 2.45) is 0 Å². The summed E-state index contributed by atoms with van der Waals surface area (Å²) in [4.78, 5) is 24.8. The van der Waals surface area contributed by atoms with Gasteiger partial charge in [-0.3, -0.25) is 4.90 Å². The molecule has 1 heterocycles. The van der Waals surface area contributed by atoms with Crippen LogP contribution in [0.25, 0.3) is 0 Å². The Balaban J connectivity index is 2.36. The van der Waals surface area contributed by atoms with E-state index in [0.29, 0.717) is 11.4 Å². The van der Waals surface area contributed by atoms with Gasteiger partial charge in [0.05, 0.1) is 17.3 Å². The first-order valence-corrected chi connectivity index (χ1v) is 6.71. The Morgan fingerprint density at radius 1 is 1.38 bits per heavy atom. The van der Waals surface area contributed by atoms with Gasteiger partial charge in [0.15, 0.2) is 0 Å². The van der Waals surface area contributed by atoms with Crippen LogP contribution in [0.15, 0.2) is 18.2 Å². The highest BCUT2D eigenvalue weighted by Crippen LogP contribution is 2.35. The molecule has 0 radical (unpaired) electrons. The fraction of sp³-hybridized carbons (Fsp3) is 0.467.